The fraction of sp³-hybridized carbons (Fsp3) is 0.400. The smallest absolute Gasteiger partial charge is 0.253 e. The van der Waals surface area contributed by atoms with Gasteiger partial charge in [0.15, 0.2) is 0 Å². The van der Waals surface area contributed by atoms with Crippen LogP contribution in [0.5, 0.6) is 5.88 Å². The van der Waals surface area contributed by atoms with Crippen LogP contribution in [-0.2, 0) is 6.54 Å². The molecule has 0 aliphatic heterocycles. The summed E-state index contributed by atoms with van der Waals surface area (Å²) >= 11 is 0. The lowest BCUT2D eigenvalue weighted by molar-refractivity contribution is 0.400. The molecule has 0 aromatic carbocycles. The lowest BCUT2D eigenvalue weighted by atomic mass is 10.2. The maximum atomic E-state index is 11.3. The molecule has 4 heteroatoms. The topological polar surface area (TPSA) is 66.0 Å². The first-order valence-corrected chi connectivity index (χ1v) is 4.53. The van der Waals surface area contributed by atoms with E-state index in [9.17, 15) is 9.90 Å². The van der Waals surface area contributed by atoms with Crippen molar-refractivity contribution in [2.75, 3.05) is 0 Å². The maximum Gasteiger partial charge on any atom is 0.253 e. The summed E-state index contributed by atoms with van der Waals surface area (Å²) in [6.07, 6.45) is 1.74. The van der Waals surface area contributed by atoms with Gasteiger partial charge in [0.05, 0.1) is 0 Å². The molecule has 1 aromatic heterocycles. The predicted octanol–water partition coefficient (Wildman–Crippen LogP) is 1.23. The van der Waals surface area contributed by atoms with Crippen molar-refractivity contribution >= 4 is 0 Å². The van der Waals surface area contributed by atoms with Crippen LogP contribution in [0.25, 0.3) is 0 Å². The summed E-state index contributed by atoms with van der Waals surface area (Å²) in [5.74, 6) is -0.228. The van der Waals surface area contributed by atoms with Crippen LogP contribution in [0, 0.1) is 11.3 Å². The van der Waals surface area contributed by atoms with Gasteiger partial charge in [-0.3, -0.25) is 9.36 Å². The van der Waals surface area contributed by atoms with E-state index in [2.05, 4.69) is 0 Å². The predicted molar refractivity (Wildman–Crippen MR) is 52.0 cm³/mol. The van der Waals surface area contributed by atoms with Crippen molar-refractivity contribution in [3.05, 3.63) is 28.0 Å². The summed E-state index contributed by atoms with van der Waals surface area (Å²) in [7, 11) is 0. The van der Waals surface area contributed by atoms with E-state index in [1.807, 2.05) is 13.0 Å². The Kier molecular flexibility index (Phi) is 3.29. The van der Waals surface area contributed by atoms with Gasteiger partial charge in [-0.05, 0) is 12.5 Å². The minimum atomic E-state index is -0.269. The number of hydrogen-bond donors (Lipinski definition) is 1. The van der Waals surface area contributed by atoms with Gasteiger partial charge in [-0.2, -0.15) is 5.26 Å². The molecule has 0 aliphatic carbocycles. The standard InChI is InChI=1S/C10H12N2O2/c1-2-3-6-12-9(13)5-4-8(7-11)10(12)14/h4-5,14H,2-3,6H2,1H3. The lowest BCUT2D eigenvalue weighted by Gasteiger charge is -2.07. The summed E-state index contributed by atoms with van der Waals surface area (Å²) < 4.78 is 1.22. The van der Waals surface area contributed by atoms with Gasteiger partial charge in [0.25, 0.3) is 5.56 Å². The largest absolute Gasteiger partial charge is 0.493 e. The van der Waals surface area contributed by atoms with Crippen molar-refractivity contribution in [2.45, 2.75) is 26.3 Å². The average Bonchev–Trinajstić information content (AvgIpc) is 2.18. The number of nitriles is 1. The Morgan fingerprint density at radius 1 is 1.57 bits per heavy atom. The molecule has 1 rings (SSSR count). The molecular weight excluding hydrogens is 180 g/mol. The minimum Gasteiger partial charge on any atom is -0.493 e. The lowest BCUT2D eigenvalue weighted by Crippen LogP contribution is -2.19. The van der Waals surface area contributed by atoms with E-state index in [1.54, 1.807) is 0 Å². The molecule has 0 saturated heterocycles. The molecule has 0 saturated carbocycles. The molecule has 1 aromatic rings. The summed E-state index contributed by atoms with van der Waals surface area (Å²) in [5.41, 5.74) is -0.129. The first-order valence-electron chi connectivity index (χ1n) is 4.53. The van der Waals surface area contributed by atoms with Crippen LogP contribution in [0.3, 0.4) is 0 Å². The fourth-order valence-corrected chi connectivity index (χ4v) is 1.19. The van der Waals surface area contributed by atoms with Gasteiger partial charge in [-0.15, -0.1) is 0 Å². The van der Waals surface area contributed by atoms with E-state index in [-0.39, 0.29) is 17.0 Å². The van der Waals surface area contributed by atoms with E-state index in [1.165, 1.54) is 16.7 Å². The van der Waals surface area contributed by atoms with E-state index in [4.69, 9.17) is 5.26 Å². The zero-order valence-electron chi connectivity index (χ0n) is 8.03. The van der Waals surface area contributed by atoms with Crippen LogP contribution >= 0.6 is 0 Å². The molecule has 1 N–H and O–H groups in total. The van der Waals surface area contributed by atoms with Crippen molar-refractivity contribution in [3.8, 4) is 11.9 Å². The van der Waals surface area contributed by atoms with Crippen molar-refractivity contribution < 1.29 is 5.11 Å². The second-order valence-corrected chi connectivity index (χ2v) is 3.03. The third kappa shape index (κ3) is 1.94. The summed E-state index contributed by atoms with van der Waals surface area (Å²) in [6, 6.07) is 4.46. The van der Waals surface area contributed by atoms with Crippen molar-refractivity contribution in [1.82, 2.24) is 4.57 Å². The molecule has 0 amide bonds. The van der Waals surface area contributed by atoms with E-state index < -0.39 is 0 Å². The van der Waals surface area contributed by atoms with Gasteiger partial charge >= 0.3 is 0 Å². The molecule has 0 unspecified atom stereocenters. The molecule has 14 heavy (non-hydrogen) atoms. The second-order valence-electron chi connectivity index (χ2n) is 3.03. The van der Waals surface area contributed by atoms with Crippen LogP contribution in [-0.4, -0.2) is 9.67 Å². The normalized spacial score (nSPS) is 9.71. The second kappa shape index (κ2) is 4.47. The third-order valence-corrected chi connectivity index (χ3v) is 2.01. The fourth-order valence-electron chi connectivity index (χ4n) is 1.19. The molecule has 0 aliphatic rings. The molecule has 0 bridgehead atoms. The highest BCUT2D eigenvalue weighted by molar-refractivity contribution is 5.37. The highest BCUT2D eigenvalue weighted by atomic mass is 16.3. The number of aromatic hydroxyl groups is 1. The van der Waals surface area contributed by atoms with Crippen molar-refractivity contribution in [1.29, 1.82) is 5.26 Å². The Hall–Kier alpha value is -1.76. The summed E-state index contributed by atoms with van der Waals surface area (Å²) in [5, 5.41) is 18.2. The number of nitrogens with zero attached hydrogens (tertiary/aromatic N) is 2. The molecule has 4 nitrogen and oxygen atoms in total. The van der Waals surface area contributed by atoms with E-state index in [0.717, 1.165) is 12.8 Å². The van der Waals surface area contributed by atoms with Crippen LogP contribution in [0.15, 0.2) is 16.9 Å². The first-order chi connectivity index (χ1) is 6.70. The SMILES string of the molecule is CCCCn1c(O)c(C#N)ccc1=O. The number of rotatable bonds is 3. The zero-order chi connectivity index (χ0) is 10.6. The quantitative estimate of drug-likeness (QED) is 0.783. The minimum absolute atomic E-state index is 0.140. The van der Waals surface area contributed by atoms with Gasteiger partial charge in [-0.1, -0.05) is 13.3 Å². The number of aromatic nitrogens is 1. The number of hydrogen-bond acceptors (Lipinski definition) is 3. The highest BCUT2D eigenvalue weighted by Gasteiger charge is 2.07. The Morgan fingerprint density at radius 2 is 2.29 bits per heavy atom. The Morgan fingerprint density at radius 3 is 2.86 bits per heavy atom. The van der Waals surface area contributed by atoms with Gasteiger partial charge in [0.2, 0.25) is 5.88 Å². The van der Waals surface area contributed by atoms with E-state index in [0.29, 0.717) is 6.54 Å². The molecule has 74 valence electrons. The summed E-state index contributed by atoms with van der Waals surface area (Å²) in [4.78, 5) is 11.3. The number of unbranched alkanes of at least 4 members (excludes halogenated alkanes) is 1. The first kappa shape index (κ1) is 10.3. The third-order valence-electron chi connectivity index (χ3n) is 2.01. The monoisotopic (exact) mass is 192 g/mol. The molecule has 0 radical (unpaired) electrons. The molecular formula is C10H12N2O2. The van der Waals surface area contributed by atoms with Crippen LogP contribution in [0.1, 0.15) is 25.3 Å². The molecule has 1 heterocycles. The molecule has 0 fully saturated rings. The van der Waals surface area contributed by atoms with Gasteiger partial charge in [0.1, 0.15) is 11.6 Å². The van der Waals surface area contributed by atoms with Crippen LogP contribution in [0.4, 0.5) is 0 Å². The van der Waals surface area contributed by atoms with Crippen LogP contribution in [0.2, 0.25) is 0 Å². The Balaban J connectivity index is 3.14. The maximum absolute atomic E-state index is 11.3. The Bertz CT molecular complexity index is 415. The van der Waals surface area contributed by atoms with Crippen LogP contribution < -0.4 is 5.56 Å². The average molecular weight is 192 g/mol. The summed E-state index contributed by atoms with van der Waals surface area (Å²) in [6.45, 7) is 2.45. The van der Waals surface area contributed by atoms with Crippen molar-refractivity contribution in [3.63, 3.8) is 0 Å². The number of pyridine rings is 1. The highest BCUT2D eigenvalue weighted by Crippen LogP contribution is 2.13. The van der Waals surface area contributed by atoms with Gasteiger partial charge in [-0.25, -0.2) is 0 Å². The molecule has 0 atom stereocenters. The van der Waals surface area contributed by atoms with Crippen molar-refractivity contribution in [2.24, 2.45) is 0 Å². The Labute approximate surface area is 82.0 Å². The zero-order valence-corrected chi connectivity index (χ0v) is 8.03. The molecule has 0 spiro atoms. The van der Waals surface area contributed by atoms with Gasteiger partial charge in [0, 0.05) is 12.6 Å². The van der Waals surface area contributed by atoms with Gasteiger partial charge < -0.3 is 5.11 Å². The van der Waals surface area contributed by atoms with E-state index >= 15 is 0 Å².